The number of nitrogens with one attached hydrogen (secondary N) is 2. The predicted octanol–water partition coefficient (Wildman–Crippen LogP) is 2.71. The van der Waals surface area contributed by atoms with E-state index in [1.807, 2.05) is 6.92 Å². The highest BCUT2D eigenvalue weighted by atomic mass is 127. The number of aromatic nitrogens is 3. The Morgan fingerprint density at radius 2 is 2.37 bits per heavy atom. The molecular weight excluding hydrogens is 383 g/mol. The van der Waals surface area contributed by atoms with Gasteiger partial charge in [-0.25, -0.2) is 5.10 Å². The topological polar surface area (TPSA) is 79.9 Å². The number of nitrogens with zero attached hydrogens (tertiary/aromatic N) is 2. The predicted molar refractivity (Wildman–Crippen MR) is 79.7 cm³/mol. The van der Waals surface area contributed by atoms with Crippen LogP contribution < -0.4 is 10.1 Å². The van der Waals surface area contributed by atoms with Gasteiger partial charge in [0.2, 0.25) is 5.95 Å². The number of amides is 1. The highest BCUT2D eigenvalue weighted by Crippen LogP contribution is 2.20. The van der Waals surface area contributed by atoms with Crippen molar-refractivity contribution in [2.75, 3.05) is 11.9 Å². The molecule has 0 aliphatic carbocycles. The van der Waals surface area contributed by atoms with Gasteiger partial charge in [-0.2, -0.15) is 4.98 Å². The van der Waals surface area contributed by atoms with Gasteiger partial charge in [0.1, 0.15) is 0 Å². The first-order valence-electron chi connectivity index (χ1n) is 5.41. The largest absolute Gasteiger partial charge is 0.463 e. The van der Waals surface area contributed by atoms with Gasteiger partial charge in [-0.15, -0.1) is 5.10 Å². The van der Waals surface area contributed by atoms with E-state index >= 15 is 0 Å². The molecule has 0 saturated heterocycles. The average molecular weight is 393 g/mol. The molecule has 19 heavy (non-hydrogen) atoms. The lowest BCUT2D eigenvalue weighted by atomic mass is 10.2. The van der Waals surface area contributed by atoms with Crippen LogP contribution in [0, 0.1) is 3.57 Å². The zero-order chi connectivity index (χ0) is 13.8. The quantitative estimate of drug-likeness (QED) is 0.784. The van der Waals surface area contributed by atoms with Crippen LogP contribution in [0.15, 0.2) is 18.2 Å². The molecular formula is C11H10ClIN4O2. The summed E-state index contributed by atoms with van der Waals surface area (Å²) in [5.74, 6) is -0.0966. The molecule has 0 aliphatic heterocycles. The van der Waals surface area contributed by atoms with E-state index in [0.29, 0.717) is 17.2 Å². The van der Waals surface area contributed by atoms with E-state index in [1.54, 1.807) is 18.2 Å². The van der Waals surface area contributed by atoms with E-state index < -0.39 is 0 Å². The van der Waals surface area contributed by atoms with Gasteiger partial charge in [0, 0.05) is 9.13 Å². The van der Waals surface area contributed by atoms with E-state index in [1.165, 1.54) is 0 Å². The van der Waals surface area contributed by atoms with Crippen LogP contribution in [-0.2, 0) is 0 Å². The number of benzene rings is 1. The zero-order valence-electron chi connectivity index (χ0n) is 9.91. The van der Waals surface area contributed by atoms with Crippen molar-refractivity contribution in [2.24, 2.45) is 0 Å². The molecule has 2 N–H and O–H groups in total. The van der Waals surface area contributed by atoms with Crippen LogP contribution in [0.2, 0.25) is 5.02 Å². The second kappa shape index (κ2) is 6.20. The number of hydrogen-bond acceptors (Lipinski definition) is 4. The number of aromatic amines is 1. The minimum Gasteiger partial charge on any atom is -0.463 e. The van der Waals surface area contributed by atoms with Gasteiger partial charge in [-0.1, -0.05) is 11.6 Å². The first-order chi connectivity index (χ1) is 9.10. The second-order valence-corrected chi connectivity index (χ2v) is 5.05. The SMILES string of the molecule is CCOc1n[nH]c(NC(=O)c2ccc(I)c(Cl)c2)n1. The molecule has 0 unspecified atom stereocenters. The van der Waals surface area contributed by atoms with Crippen molar-refractivity contribution in [3.63, 3.8) is 0 Å². The molecule has 0 fully saturated rings. The van der Waals surface area contributed by atoms with Crippen LogP contribution in [0.25, 0.3) is 0 Å². The van der Waals surface area contributed by atoms with Gasteiger partial charge in [0.15, 0.2) is 0 Å². The Balaban J connectivity index is 2.09. The fourth-order valence-electron chi connectivity index (χ4n) is 1.31. The number of halogens is 2. The van der Waals surface area contributed by atoms with Crippen molar-refractivity contribution in [1.29, 1.82) is 0 Å². The summed E-state index contributed by atoms with van der Waals surface area (Å²) in [6.45, 7) is 2.28. The maximum atomic E-state index is 11.9. The van der Waals surface area contributed by atoms with Gasteiger partial charge < -0.3 is 4.74 Å². The maximum Gasteiger partial charge on any atom is 0.337 e. The van der Waals surface area contributed by atoms with Gasteiger partial charge in [-0.3, -0.25) is 10.1 Å². The van der Waals surface area contributed by atoms with Crippen molar-refractivity contribution in [2.45, 2.75) is 6.92 Å². The summed E-state index contributed by atoms with van der Waals surface area (Å²) in [6.07, 6.45) is 0. The maximum absolute atomic E-state index is 11.9. The van der Waals surface area contributed by atoms with Crippen LogP contribution in [0.1, 0.15) is 17.3 Å². The highest BCUT2D eigenvalue weighted by molar-refractivity contribution is 14.1. The molecule has 2 rings (SSSR count). The van der Waals surface area contributed by atoms with Crippen LogP contribution in [0.4, 0.5) is 5.95 Å². The number of H-pyrrole nitrogens is 1. The lowest BCUT2D eigenvalue weighted by Crippen LogP contribution is -2.13. The molecule has 6 nitrogen and oxygen atoms in total. The summed E-state index contributed by atoms with van der Waals surface area (Å²) in [5.41, 5.74) is 0.444. The standard InChI is InChI=1S/C11H10ClIN4O2/c1-2-19-11-15-10(16-17-11)14-9(18)6-3-4-8(13)7(12)5-6/h3-5H,2H2,1H3,(H2,14,15,16,17,18). The van der Waals surface area contributed by atoms with Gasteiger partial charge >= 0.3 is 6.01 Å². The molecule has 1 aromatic carbocycles. The van der Waals surface area contributed by atoms with Crippen molar-refractivity contribution >= 4 is 46.0 Å². The van der Waals surface area contributed by atoms with Crippen LogP contribution >= 0.6 is 34.2 Å². The third-order valence-electron chi connectivity index (χ3n) is 2.15. The number of carbonyl (C=O) groups excluding carboxylic acids is 1. The molecule has 1 amide bonds. The molecule has 2 aromatic rings. The summed E-state index contributed by atoms with van der Waals surface area (Å²) in [5, 5.41) is 9.45. The van der Waals surface area contributed by atoms with E-state index in [2.05, 4.69) is 43.1 Å². The van der Waals surface area contributed by atoms with Crippen LogP contribution in [0.5, 0.6) is 6.01 Å². The fourth-order valence-corrected chi connectivity index (χ4v) is 1.83. The molecule has 1 heterocycles. The van der Waals surface area contributed by atoms with Gasteiger partial charge in [0.05, 0.1) is 11.6 Å². The van der Waals surface area contributed by atoms with Crippen molar-refractivity contribution in [3.8, 4) is 6.01 Å². The Morgan fingerprint density at radius 3 is 3.05 bits per heavy atom. The minimum absolute atomic E-state index is 0.193. The first-order valence-corrected chi connectivity index (χ1v) is 6.87. The lowest BCUT2D eigenvalue weighted by molar-refractivity contribution is 0.102. The molecule has 0 bridgehead atoms. The summed E-state index contributed by atoms with van der Waals surface area (Å²) >= 11 is 8.05. The van der Waals surface area contributed by atoms with Crippen molar-refractivity contribution < 1.29 is 9.53 Å². The third-order valence-corrected chi connectivity index (χ3v) is 3.72. The number of rotatable bonds is 4. The highest BCUT2D eigenvalue weighted by Gasteiger charge is 2.11. The summed E-state index contributed by atoms with van der Waals surface area (Å²) in [4.78, 5) is 15.9. The Morgan fingerprint density at radius 1 is 1.58 bits per heavy atom. The first kappa shape index (κ1) is 14.1. The molecule has 8 heteroatoms. The number of ether oxygens (including phenoxy) is 1. The summed E-state index contributed by atoms with van der Waals surface area (Å²) in [6, 6.07) is 5.24. The molecule has 100 valence electrons. The van der Waals surface area contributed by atoms with Crippen molar-refractivity contribution in [1.82, 2.24) is 15.2 Å². The summed E-state index contributed by atoms with van der Waals surface area (Å²) < 4.78 is 5.97. The average Bonchev–Trinajstić information content (AvgIpc) is 2.80. The number of hydrogen-bond donors (Lipinski definition) is 2. The molecule has 0 spiro atoms. The van der Waals surface area contributed by atoms with E-state index in [-0.39, 0.29) is 17.9 Å². The molecule has 0 aliphatic rings. The fraction of sp³-hybridized carbons (Fsp3) is 0.182. The normalized spacial score (nSPS) is 10.3. The molecule has 1 aromatic heterocycles. The molecule has 0 radical (unpaired) electrons. The van der Waals surface area contributed by atoms with Crippen LogP contribution in [0.3, 0.4) is 0 Å². The lowest BCUT2D eigenvalue weighted by Gasteiger charge is -2.02. The second-order valence-electron chi connectivity index (χ2n) is 3.48. The van der Waals surface area contributed by atoms with E-state index in [0.717, 1.165) is 3.57 Å². The van der Waals surface area contributed by atoms with Gasteiger partial charge in [0.25, 0.3) is 5.91 Å². The Bertz CT molecular complexity index is 602. The Hall–Kier alpha value is -1.35. The monoisotopic (exact) mass is 392 g/mol. The Labute approximate surface area is 128 Å². The van der Waals surface area contributed by atoms with Crippen LogP contribution in [-0.4, -0.2) is 27.7 Å². The third kappa shape index (κ3) is 3.57. The van der Waals surface area contributed by atoms with E-state index in [4.69, 9.17) is 16.3 Å². The van der Waals surface area contributed by atoms with E-state index in [9.17, 15) is 4.79 Å². The van der Waals surface area contributed by atoms with Crippen molar-refractivity contribution in [3.05, 3.63) is 32.4 Å². The summed E-state index contributed by atoms with van der Waals surface area (Å²) in [7, 11) is 0. The molecule has 0 atom stereocenters. The minimum atomic E-state index is -0.322. The number of anilines is 1. The number of carbonyl (C=O) groups is 1. The molecule has 0 saturated carbocycles. The smallest absolute Gasteiger partial charge is 0.337 e. The van der Waals surface area contributed by atoms with Gasteiger partial charge in [-0.05, 0) is 47.7 Å². The zero-order valence-corrected chi connectivity index (χ0v) is 12.8. The Kier molecular flexibility index (Phi) is 4.59.